The molecule has 7 nitrogen and oxygen atoms in total. The summed E-state index contributed by atoms with van der Waals surface area (Å²) in [6.45, 7) is 1.15. The molecule has 4 aromatic rings. The van der Waals surface area contributed by atoms with Crippen molar-refractivity contribution in [2.75, 3.05) is 19.0 Å². The van der Waals surface area contributed by atoms with Gasteiger partial charge in [-0.25, -0.2) is 23.5 Å². The first-order chi connectivity index (χ1) is 14.5. The van der Waals surface area contributed by atoms with Gasteiger partial charge in [-0.2, -0.15) is 0 Å². The Bertz CT molecular complexity index is 1200. The van der Waals surface area contributed by atoms with Crippen LogP contribution < -0.4 is 19.4 Å². The fraction of sp³-hybridized carbons (Fsp3) is 0.190. The normalized spacial score (nSPS) is 10.9. The third-order valence-electron chi connectivity index (χ3n) is 4.53. The molecular formula is C21H20ClFN5O2+. The van der Waals surface area contributed by atoms with E-state index in [2.05, 4.69) is 15.3 Å². The average Bonchev–Trinajstić information content (AvgIpc) is 3.15. The Morgan fingerprint density at radius 2 is 2.07 bits per heavy atom. The fourth-order valence-corrected chi connectivity index (χ4v) is 3.22. The highest BCUT2D eigenvalue weighted by molar-refractivity contribution is 6.31. The Hall–Kier alpha value is -3.39. The van der Waals surface area contributed by atoms with Crippen molar-refractivity contribution in [2.45, 2.75) is 6.54 Å². The summed E-state index contributed by atoms with van der Waals surface area (Å²) in [4.78, 5) is 8.64. The second kappa shape index (κ2) is 8.54. The zero-order valence-corrected chi connectivity index (χ0v) is 17.2. The maximum Gasteiger partial charge on any atom is 0.243 e. The molecule has 0 unspecified atom stereocenters. The predicted octanol–water partition coefficient (Wildman–Crippen LogP) is 3.88. The minimum atomic E-state index is -0.480. The minimum Gasteiger partial charge on any atom is -0.493 e. The van der Waals surface area contributed by atoms with Crippen LogP contribution in [0.25, 0.3) is 10.9 Å². The van der Waals surface area contributed by atoms with Gasteiger partial charge in [-0.05, 0) is 24.3 Å². The van der Waals surface area contributed by atoms with Gasteiger partial charge in [0.1, 0.15) is 43.5 Å². The van der Waals surface area contributed by atoms with E-state index in [9.17, 15) is 4.39 Å². The van der Waals surface area contributed by atoms with Crippen molar-refractivity contribution in [3.8, 4) is 11.5 Å². The summed E-state index contributed by atoms with van der Waals surface area (Å²) < 4.78 is 28.9. The van der Waals surface area contributed by atoms with Crippen molar-refractivity contribution in [1.29, 1.82) is 0 Å². The molecule has 0 fully saturated rings. The van der Waals surface area contributed by atoms with Crippen LogP contribution in [0.2, 0.25) is 5.02 Å². The van der Waals surface area contributed by atoms with E-state index in [1.54, 1.807) is 19.2 Å². The molecule has 1 N–H and O–H groups in total. The zero-order chi connectivity index (χ0) is 21.1. The lowest BCUT2D eigenvalue weighted by Gasteiger charge is -2.13. The number of nitrogens with one attached hydrogen (secondary N) is 1. The van der Waals surface area contributed by atoms with Crippen LogP contribution in [0.5, 0.6) is 11.5 Å². The minimum absolute atomic E-state index is 0.0301. The summed E-state index contributed by atoms with van der Waals surface area (Å²) in [7, 11) is 3.55. The highest BCUT2D eigenvalue weighted by Crippen LogP contribution is 2.35. The Kier molecular flexibility index (Phi) is 5.67. The lowest BCUT2D eigenvalue weighted by molar-refractivity contribution is -0.671. The number of benzene rings is 2. The van der Waals surface area contributed by atoms with E-state index in [4.69, 9.17) is 21.1 Å². The summed E-state index contributed by atoms with van der Waals surface area (Å²) in [5.74, 6) is 1.23. The standard InChI is InChI=1S/C21H20ClFN5O2/c1-27-5-6-28(13-27)7-8-30-20-10-15-18(11-19(20)29-2)24-12-25-21(15)26-14-3-4-17(23)16(22)9-14/h3-6,9-13H,7-8H2,1-2H3,(H,24,25,26)/q+1. The molecule has 9 heteroatoms. The zero-order valence-electron chi connectivity index (χ0n) is 16.5. The molecule has 154 valence electrons. The number of imidazole rings is 1. The molecule has 0 radical (unpaired) electrons. The lowest BCUT2D eigenvalue weighted by atomic mass is 10.2. The Morgan fingerprint density at radius 3 is 2.80 bits per heavy atom. The van der Waals surface area contributed by atoms with Crippen LogP contribution in [-0.2, 0) is 13.6 Å². The van der Waals surface area contributed by atoms with Crippen LogP contribution >= 0.6 is 11.6 Å². The number of methoxy groups -OCH3 is 1. The van der Waals surface area contributed by atoms with Gasteiger partial charge >= 0.3 is 0 Å². The van der Waals surface area contributed by atoms with E-state index in [0.29, 0.717) is 41.7 Å². The number of aromatic nitrogens is 4. The van der Waals surface area contributed by atoms with E-state index < -0.39 is 5.82 Å². The molecule has 2 aromatic carbocycles. The first-order valence-electron chi connectivity index (χ1n) is 9.22. The molecule has 0 spiro atoms. The number of fused-ring (bicyclic) bond motifs is 1. The van der Waals surface area contributed by atoms with Gasteiger partial charge in [-0.1, -0.05) is 11.6 Å². The number of rotatable bonds is 7. The summed E-state index contributed by atoms with van der Waals surface area (Å²) in [5, 5.41) is 3.93. The molecule has 0 aliphatic rings. The number of halogens is 2. The maximum absolute atomic E-state index is 13.5. The van der Waals surface area contributed by atoms with Gasteiger partial charge in [0.15, 0.2) is 11.5 Å². The van der Waals surface area contributed by atoms with Crippen molar-refractivity contribution in [2.24, 2.45) is 7.05 Å². The van der Waals surface area contributed by atoms with E-state index in [-0.39, 0.29) is 5.02 Å². The summed E-state index contributed by atoms with van der Waals surface area (Å²) in [6, 6.07) is 8.02. The maximum atomic E-state index is 13.5. The second-order valence-electron chi connectivity index (χ2n) is 6.66. The van der Waals surface area contributed by atoms with Crippen molar-refractivity contribution in [1.82, 2.24) is 14.5 Å². The molecule has 0 aliphatic carbocycles. The molecule has 4 rings (SSSR count). The summed E-state index contributed by atoms with van der Waals surface area (Å²) >= 11 is 5.88. The van der Waals surface area contributed by atoms with Gasteiger partial charge in [-0.15, -0.1) is 0 Å². The van der Waals surface area contributed by atoms with E-state index in [1.807, 2.05) is 41.0 Å². The van der Waals surface area contributed by atoms with E-state index in [0.717, 1.165) is 5.39 Å². The first-order valence-corrected chi connectivity index (χ1v) is 9.60. The number of aryl methyl sites for hydroxylation is 1. The van der Waals surface area contributed by atoms with Crippen molar-refractivity contribution in [3.05, 3.63) is 66.2 Å². The Balaban J connectivity index is 1.61. The van der Waals surface area contributed by atoms with Gasteiger partial charge in [0.2, 0.25) is 6.33 Å². The number of nitrogens with zero attached hydrogens (tertiary/aromatic N) is 4. The molecule has 0 saturated heterocycles. The van der Waals surface area contributed by atoms with Crippen LogP contribution in [0.1, 0.15) is 0 Å². The molecule has 0 bridgehead atoms. The van der Waals surface area contributed by atoms with E-state index >= 15 is 0 Å². The third-order valence-corrected chi connectivity index (χ3v) is 4.82. The monoisotopic (exact) mass is 428 g/mol. The number of anilines is 2. The van der Waals surface area contributed by atoms with Crippen LogP contribution in [0.15, 0.2) is 55.4 Å². The third kappa shape index (κ3) is 4.28. The first kappa shape index (κ1) is 19.9. The highest BCUT2D eigenvalue weighted by Gasteiger charge is 2.13. The average molecular weight is 429 g/mol. The van der Waals surface area contributed by atoms with Crippen LogP contribution in [0.4, 0.5) is 15.9 Å². The van der Waals surface area contributed by atoms with Crippen molar-refractivity contribution in [3.63, 3.8) is 0 Å². The molecule has 2 heterocycles. The molecule has 0 amide bonds. The summed E-state index contributed by atoms with van der Waals surface area (Å²) in [5.41, 5.74) is 1.29. The van der Waals surface area contributed by atoms with Gasteiger partial charge < -0.3 is 14.8 Å². The molecule has 0 saturated carbocycles. The number of ether oxygens (including phenoxy) is 2. The molecule has 0 atom stereocenters. The quantitative estimate of drug-likeness (QED) is 0.452. The van der Waals surface area contributed by atoms with Crippen LogP contribution in [0, 0.1) is 5.82 Å². The largest absolute Gasteiger partial charge is 0.493 e. The van der Waals surface area contributed by atoms with Gasteiger partial charge in [0.05, 0.1) is 24.7 Å². The number of hydrogen-bond acceptors (Lipinski definition) is 5. The SMILES string of the molecule is COc1cc2ncnc(Nc3ccc(F)c(Cl)c3)c2cc1OCCn1cc[n+](C)c1. The smallest absolute Gasteiger partial charge is 0.243 e. The second-order valence-corrected chi connectivity index (χ2v) is 7.07. The van der Waals surface area contributed by atoms with E-state index in [1.165, 1.54) is 18.5 Å². The predicted molar refractivity (Wildman–Crippen MR) is 112 cm³/mol. The molecule has 30 heavy (non-hydrogen) atoms. The van der Waals surface area contributed by atoms with Gasteiger partial charge in [0, 0.05) is 17.1 Å². The van der Waals surface area contributed by atoms with Crippen LogP contribution in [-0.4, -0.2) is 28.3 Å². The molecular weight excluding hydrogens is 409 g/mol. The lowest BCUT2D eigenvalue weighted by Crippen LogP contribution is -2.24. The van der Waals surface area contributed by atoms with Crippen molar-refractivity contribution < 1.29 is 18.4 Å². The highest BCUT2D eigenvalue weighted by atomic mass is 35.5. The molecule has 2 aromatic heterocycles. The molecule has 0 aliphatic heterocycles. The van der Waals surface area contributed by atoms with Crippen LogP contribution in [0.3, 0.4) is 0 Å². The van der Waals surface area contributed by atoms with Gasteiger partial charge in [0.25, 0.3) is 0 Å². The Morgan fingerprint density at radius 1 is 1.20 bits per heavy atom. The van der Waals surface area contributed by atoms with Crippen molar-refractivity contribution >= 4 is 34.0 Å². The Labute approximate surface area is 177 Å². The number of hydrogen-bond donors (Lipinski definition) is 1. The fourth-order valence-electron chi connectivity index (χ4n) is 3.04. The van der Waals surface area contributed by atoms with Gasteiger partial charge in [-0.3, -0.25) is 0 Å². The topological polar surface area (TPSA) is 65.1 Å². The summed E-state index contributed by atoms with van der Waals surface area (Å²) in [6.07, 6.45) is 7.37.